The Balaban J connectivity index is 2.40. The first-order chi connectivity index (χ1) is 7.79. The van der Waals surface area contributed by atoms with Crippen LogP contribution in [0.1, 0.15) is 40.5 Å². The third kappa shape index (κ3) is 5.25. The van der Waals surface area contributed by atoms with Crippen LogP contribution < -0.4 is 5.32 Å². The van der Waals surface area contributed by atoms with Crippen molar-refractivity contribution in [2.24, 2.45) is 0 Å². The second kappa shape index (κ2) is 6.05. The topological polar surface area (TPSA) is 32.3 Å². The first-order valence-electron chi connectivity index (χ1n) is 6.07. The molecule has 1 heterocycles. The van der Waals surface area contributed by atoms with Crippen LogP contribution in [0.2, 0.25) is 0 Å². The molecule has 1 amide bonds. The highest BCUT2D eigenvalue weighted by atomic mass is 32.2. The van der Waals surface area contributed by atoms with Gasteiger partial charge < -0.3 is 10.2 Å². The molecule has 1 N–H and O–H groups in total. The van der Waals surface area contributed by atoms with Crippen LogP contribution in [0.3, 0.4) is 0 Å². The molecule has 0 aromatic rings. The lowest BCUT2D eigenvalue weighted by Crippen LogP contribution is -2.44. The molecule has 0 aliphatic carbocycles. The number of carbonyl (C=O) groups excluding carboxylic acids is 1. The number of thiocarbonyl (C=S) groups is 1. The number of carbonyl (C=O) groups is 1. The summed E-state index contributed by atoms with van der Waals surface area (Å²) < 4.78 is 0.860. The molecule has 1 saturated heterocycles. The summed E-state index contributed by atoms with van der Waals surface area (Å²) in [6.45, 7) is 9.95. The van der Waals surface area contributed by atoms with Crippen molar-refractivity contribution < 1.29 is 4.79 Å². The molecule has 3 nitrogen and oxygen atoms in total. The zero-order valence-electron chi connectivity index (χ0n) is 11.1. The number of hydrogen-bond donors (Lipinski definition) is 1. The fraction of sp³-hybridized carbons (Fsp3) is 0.833. The summed E-state index contributed by atoms with van der Waals surface area (Å²) in [7, 11) is 0. The average molecular weight is 274 g/mol. The standard InChI is InChI=1S/C12H22N2OS2/c1-9(10(15)13-12(2,3)4)17-11(16)14-7-5-6-8-14/h9H,5-8H2,1-4H3,(H,13,15). The van der Waals surface area contributed by atoms with E-state index in [1.165, 1.54) is 24.6 Å². The van der Waals surface area contributed by atoms with Gasteiger partial charge in [-0.2, -0.15) is 0 Å². The molecule has 98 valence electrons. The first-order valence-corrected chi connectivity index (χ1v) is 7.36. The maximum Gasteiger partial charge on any atom is 0.233 e. The first kappa shape index (κ1) is 14.8. The van der Waals surface area contributed by atoms with Crippen LogP contribution >= 0.6 is 24.0 Å². The van der Waals surface area contributed by atoms with Gasteiger partial charge in [0.15, 0.2) is 0 Å². The Bertz CT molecular complexity index is 293. The van der Waals surface area contributed by atoms with Gasteiger partial charge in [-0.05, 0) is 40.5 Å². The normalized spacial score (nSPS) is 18.0. The highest BCUT2D eigenvalue weighted by Gasteiger charge is 2.23. The average Bonchev–Trinajstić information content (AvgIpc) is 2.67. The van der Waals surface area contributed by atoms with E-state index in [0.29, 0.717) is 0 Å². The number of likely N-dealkylation sites (tertiary alicyclic amines) is 1. The lowest BCUT2D eigenvalue weighted by atomic mass is 10.1. The van der Waals surface area contributed by atoms with Gasteiger partial charge in [-0.1, -0.05) is 24.0 Å². The highest BCUT2D eigenvalue weighted by Crippen LogP contribution is 2.20. The third-order valence-electron chi connectivity index (χ3n) is 2.51. The molecular weight excluding hydrogens is 252 g/mol. The molecule has 0 radical (unpaired) electrons. The maximum absolute atomic E-state index is 11.9. The van der Waals surface area contributed by atoms with Gasteiger partial charge in [0.25, 0.3) is 0 Å². The van der Waals surface area contributed by atoms with Gasteiger partial charge in [-0.3, -0.25) is 4.79 Å². The number of nitrogens with one attached hydrogen (secondary N) is 1. The van der Waals surface area contributed by atoms with E-state index in [1.54, 1.807) is 0 Å². The number of nitrogens with zero attached hydrogens (tertiary/aromatic N) is 1. The van der Waals surface area contributed by atoms with Gasteiger partial charge in [0.2, 0.25) is 5.91 Å². The Hall–Kier alpha value is -0.290. The zero-order chi connectivity index (χ0) is 13.1. The van der Waals surface area contributed by atoms with Crippen LogP contribution in [0, 0.1) is 0 Å². The highest BCUT2D eigenvalue weighted by molar-refractivity contribution is 8.23. The molecule has 1 unspecified atom stereocenters. The van der Waals surface area contributed by atoms with Crippen molar-refractivity contribution in [2.75, 3.05) is 13.1 Å². The van der Waals surface area contributed by atoms with E-state index in [-0.39, 0.29) is 16.7 Å². The summed E-state index contributed by atoms with van der Waals surface area (Å²) >= 11 is 6.85. The van der Waals surface area contributed by atoms with Crippen molar-refractivity contribution in [1.29, 1.82) is 0 Å². The molecule has 1 atom stereocenters. The molecular formula is C12H22N2OS2. The van der Waals surface area contributed by atoms with Crippen LogP contribution in [0.15, 0.2) is 0 Å². The number of hydrogen-bond acceptors (Lipinski definition) is 3. The van der Waals surface area contributed by atoms with Crippen molar-refractivity contribution in [2.45, 2.75) is 51.3 Å². The molecule has 5 heteroatoms. The fourth-order valence-electron chi connectivity index (χ4n) is 1.65. The summed E-state index contributed by atoms with van der Waals surface area (Å²) in [6, 6.07) is 0. The zero-order valence-corrected chi connectivity index (χ0v) is 12.7. The van der Waals surface area contributed by atoms with Gasteiger partial charge >= 0.3 is 0 Å². The molecule has 0 aromatic heterocycles. The van der Waals surface area contributed by atoms with Crippen molar-refractivity contribution in [3.63, 3.8) is 0 Å². The molecule has 1 rings (SSSR count). The predicted octanol–water partition coefficient (Wildman–Crippen LogP) is 2.40. The van der Waals surface area contributed by atoms with Crippen molar-refractivity contribution in [3.05, 3.63) is 0 Å². The third-order valence-corrected chi connectivity index (χ3v) is 4.08. The van der Waals surface area contributed by atoms with Crippen LogP contribution in [-0.2, 0) is 4.79 Å². The van der Waals surface area contributed by atoms with E-state index >= 15 is 0 Å². The van der Waals surface area contributed by atoms with Gasteiger partial charge in [-0.25, -0.2) is 0 Å². The van der Waals surface area contributed by atoms with Gasteiger partial charge in [0, 0.05) is 18.6 Å². The second-order valence-electron chi connectivity index (χ2n) is 5.46. The van der Waals surface area contributed by atoms with Crippen LogP contribution in [0.25, 0.3) is 0 Å². The van der Waals surface area contributed by atoms with Crippen molar-refractivity contribution in [1.82, 2.24) is 10.2 Å². The van der Waals surface area contributed by atoms with Gasteiger partial charge in [0.1, 0.15) is 4.32 Å². The summed E-state index contributed by atoms with van der Waals surface area (Å²) in [5, 5.41) is 2.85. The van der Waals surface area contributed by atoms with E-state index in [2.05, 4.69) is 10.2 Å². The minimum Gasteiger partial charge on any atom is -0.358 e. The Morgan fingerprint density at radius 3 is 2.35 bits per heavy atom. The molecule has 0 aromatic carbocycles. The van der Waals surface area contributed by atoms with E-state index < -0.39 is 0 Å². The quantitative estimate of drug-likeness (QED) is 0.784. The molecule has 0 spiro atoms. The van der Waals surface area contributed by atoms with Crippen LogP contribution in [0.4, 0.5) is 0 Å². The monoisotopic (exact) mass is 274 g/mol. The molecule has 1 fully saturated rings. The van der Waals surface area contributed by atoms with E-state index in [4.69, 9.17) is 12.2 Å². The van der Waals surface area contributed by atoms with Gasteiger partial charge in [-0.15, -0.1) is 0 Å². The van der Waals surface area contributed by atoms with Crippen LogP contribution in [0.5, 0.6) is 0 Å². The van der Waals surface area contributed by atoms with Gasteiger partial charge in [0.05, 0.1) is 5.25 Å². The fourth-order valence-corrected chi connectivity index (χ4v) is 3.07. The smallest absolute Gasteiger partial charge is 0.233 e. The van der Waals surface area contributed by atoms with Crippen LogP contribution in [-0.4, -0.2) is 39.0 Å². The summed E-state index contributed by atoms with van der Waals surface area (Å²) in [5.74, 6) is 0.0593. The van der Waals surface area contributed by atoms with E-state index in [1.807, 2.05) is 27.7 Å². The predicted molar refractivity (Wildman–Crippen MR) is 78.4 cm³/mol. The van der Waals surface area contributed by atoms with Crippen molar-refractivity contribution in [3.8, 4) is 0 Å². The Morgan fingerprint density at radius 2 is 1.88 bits per heavy atom. The molecule has 17 heavy (non-hydrogen) atoms. The Kier molecular flexibility index (Phi) is 5.25. The van der Waals surface area contributed by atoms with E-state index in [9.17, 15) is 4.79 Å². The maximum atomic E-state index is 11.9. The lowest BCUT2D eigenvalue weighted by molar-refractivity contribution is -0.121. The molecule has 0 saturated carbocycles. The SMILES string of the molecule is CC(SC(=S)N1CCCC1)C(=O)NC(C)(C)C. The summed E-state index contributed by atoms with van der Waals surface area (Å²) in [4.78, 5) is 14.1. The lowest BCUT2D eigenvalue weighted by Gasteiger charge is -2.24. The second-order valence-corrected chi connectivity index (χ2v) is 7.43. The minimum absolute atomic E-state index is 0.0593. The summed E-state index contributed by atoms with van der Waals surface area (Å²) in [6.07, 6.45) is 2.42. The van der Waals surface area contributed by atoms with Crippen molar-refractivity contribution >= 4 is 34.2 Å². The number of rotatable bonds is 2. The Labute approximate surface area is 114 Å². The molecule has 1 aliphatic heterocycles. The molecule has 1 aliphatic rings. The van der Waals surface area contributed by atoms with E-state index in [0.717, 1.165) is 17.4 Å². The number of thioether (sulfide) groups is 1. The summed E-state index contributed by atoms with van der Waals surface area (Å²) in [5.41, 5.74) is -0.179. The number of amides is 1. The minimum atomic E-state index is -0.179. The largest absolute Gasteiger partial charge is 0.358 e. The molecule has 0 bridgehead atoms. The Morgan fingerprint density at radius 1 is 1.35 bits per heavy atom.